The molecule has 0 radical (unpaired) electrons. The van der Waals surface area contributed by atoms with E-state index in [-0.39, 0.29) is 12.2 Å². The van der Waals surface area contributed by atoms with E-state index in [4.69, 9.17) is 10.4 Å². The smallest absolute Gasteiger partial charge is 0.273 e. The fourth-order valence-electron chi connectivity index (χ4n) is 3.53. The fourth-order valence-corrected chi connectivity index (χ4v) is 3.53. The van der Waals surface area contributed by atoms with Crippen molar-refractivity contribution in [3.63, 3.8) is 0 Å². The molecule has 34 heavy (non-hydrogen) atoms. The van der Waals surface area contributed by atoms with Gasteiger partial charge in [-0.1, -0.05) is 51.1 Å². The molecule has 0 unspecified atom stereocenters. The normalized spacial score (nSPS) is 13.2. The molecule has 0 aliphatic rings. The van der Waals surface area contributed by atoms with Crippen LogP contribution in [0.3, 0.4) is 0 Å². The molecule has 2 atom stereocenters. The third-order valence-electron chi connectivity index (χ3n) is 5.41. The molecule has 2 aromatic carbocycles. The van der Waals surface area contributed by atoms with Crippen molar-refractivity contribution in [3.8, 4) is 6.07 Å². The van der Waals surface area contributed by atoms with Crippen LogP contribution in [0.25, 0.3) is 10.9 Å². The molecule has 0 aliphatic heterocycles. The van der Waals surface area contributed by atoms with Gasteiger partial charge in [0.05, 0.1) is 36.4 Å². The lowest BCUT2D eigenvalue weighted by atomic mass is 9.86. The molecule has 1 heterocycles. The lowest BCUT2D eigenvalue weighted by Gasteiger charge is -2.30. The first-order valence-electron chi connectivity index (χ1n) is 11.0. The van der Waals surface area contributed by atoms with Crippen LogP contribution in [0.5, 0.6) is 0 Å². The van der Waals surface area contributed by atoms with Gasteiger partial charge in [-0.3, -0.25) is 14.3 Å². The average molecular weight is 464 g/mol. The third kappa shape index (κ3) is 5.78. The Balaban J connectivity index is 1.87. The quantitative estimate of drug-likeness (QED) is 0.400. The van der Waals surface area contributed by atoms with Gasteiger partial charge >= 0.3 is 0 Å². The largest absolute Gasteiger partial charge is 0.394 e. The van der Waals surface area contributed by atoms with Crippen LogP contribution >= 0.6 is 0 Å². The minimum atomic E-state index is -1.08. The molecule has 1 aromatic heterocycles. The van der Waals surface area contributed by atoms with Crippen molar-refractivity contribution in [2.75, 3.05) is 13.2 Å². The Hall–Kier alpha value is -3.74. The average Bonchev–Trinajstić information content (AvgIpc) is 3.19. The first-order valence-corrected chi connectivity index (χ1v) is 11.0. The Kier molecular flexibility index (Phi) is 7.66. The predicted molar refractivity (Wildman–Crippen MR) is 127 cm³/mol. The van der Waals surface area contributed by atoms with E-state index in [1.165, 1.54) is 0 Å². The molecule has 3 rings (SSSR count). The summed E-state index contributed by atoms with van der Waals surface area (Å²) in [5.74, 6) is -0.956. The zero-order valence-corrected chi connectivity index (χ0v) is 19.4. The van der Waals surface area contributed by atoms with E-state index >= 15 is 0 Å². The van der Waals surface area contributed by atoms with Gasteiger partial charge in [0.2, 0.25) is 5.91 Å². The summed E-state index contributed by atoms with van der Waals surface area (Å²) in [7, 11) is 0. The molecule has 9 nitrogen and oxygen atoms in total. The molecule has 0 spiro atoms. The Morgan fingerprint density at radius 1 is 1.15 bits per heavy atom. The lowest BCUT2D eigenvalue weighted by molar-refractivity contribution is -0.125. The Morgan fingerprint density at radius 2 is 1.82 bits per heavy atom. The number of hydrogen-bond acceptors (Lipinski definition) is 6. The molecular formula is C25H29N5O4. The van der Waals surface area contributed by atoms with Crippen molar-refractivity contribution in [1.82, 2.24) is 20.4 Å². The summed E-state index contributed by atoms with van der Waals surface area (Å²) in [6.45, 7) is 5.27. The highest BCUT2D eigenvalue weighted by molar-refractivity contribution is 6.06. The number of fused-ring (bicyclic) bond motifs is 1. The second-order valence-electron chi connectivity index (χ2n) is 9.19. The zero-order valence-electron chi connectivity index (χ0n) is 19.4. The number of carbonyl (C=O) groups excluding carboxylic acids is 2. The maximum absolute atomic E-state index is 13.3. The topological polar surface area (TPSA) is 140 Å². The number of amides is 2. The van der Waals surface area contributed by atoms with Gasteiger partial charge in [0.15, 0.2) is 5.69 Å². The number of aliphatic hydroxyl groups is 2. The minimum absolute atomic E-state index is 0.125. The van der Waals surface area contributed by atoms with Gasteiger partial charge < -0.3 is 20.8 Å². The summed E-state index contributed by atoms with van der Waals surface area (Å²) in [4.78, 5) is 26.0. The summed E-state index contributed by atoms with van der Waals surface area (Å²) < 4.78 is 1.72. The van der Waals surface area contributed by atoms with Crippen LogP contribution in [0.2, 0.25) is 0 Å². The van der Waals surface area contributed by atoms with Crippen molar-refractivity contribution in [1.29, 1.82) is 5.26 Å². The summed E-state index contributed by atoms with van der Waals surface area (Å²) in [6, 6.07) is 15.7. The minimum Gasteiger partial charge on any atom is -0.394 e. The van der Waals surface area contributed by atoms with Crippen molar-refractivity contribution in [2.24, 2.45) is 5.41 Å². The number of para-hydroxylation sites is 1. The molecule has 178 valence electrons. The number of carbonyl (C=O) groups is 2. The van der Waals surface area contributed by atoms with Crippen molar-refractivity contribution in [2.45, 2.75) is 39.5 Å². The van der Waals surface area contributed by atoms with Crippen LogP contribution in [0.1, 0.15) is 42.4 Å². The molecule has 4 N–H and O–H groups in total. The molecule has 0 bridgehead atoms. The Labute approximate surface area is 198 Å². The number of nitriles is 1. The molecule has 2 amide bonds. The summed E-state index contributed by atoms with van der Waals surface area (Å²) in [6.07, 6.45) is -1.08. The van der Waals surface area contributed by atoms with Crippen LogP contribution in [0.15, 0.2) is 48.5 Å². The second-order valence-corrected chi connectivity index (χ2v) is 9.19. The molecule has 9 heteroatoms. The molecular weight excluding hydrogens is 434 g/mol. The van der Waals surface area contributed by atoms with Gasteiger partial charge in [-0.25, -0.2) is 0 Å². The van der Waals surface area contributed by atoms with Gasteiger partial charge in [-0.05, 0) is 29.2 Å². The van der Waals surface area contributed by atoms with Crippen molar-refractivity contribution < 1.29 is 19.8 Å². The molecule has 3 aromatic rings. The predicted octanol–water partition coefficient (Wildman–Crippen LogP) is 1.57. The maximum atomic E-state index is 13.3. The first-order chi connectivity index (χ1) is 16.1. The van der Waals surface area contributed by atoms with Crippen LogP contribution in [-0.2, 0) is 11.3 Å². The molecule has 0 fully saturated rings. The first kappa shape index (κ1) is 24.9. The van der Waals surface area contributed by atoms with E-state index in [1.807, 2.05) is 51.1 Å². The maximum Gasteiger partial charge on any atom is 0.273 e. The van der Waals surface area contributed by atoms with Crippen molar-refractivity contribution in [3.05, 3.63) is 65.4 Å². The van der Waals surface area contributed by atoms with Crippen LogP contribution in [0, 0.1) is 16.7 Å². The number of hydrogen-bond donors (Lipinski definition) is 4. The van der Waals surface area contributed by atoms with E-state index < -0.39 is 36.0 Å². The molecule has 0 aliphatic carbocycles. The van der Waals surface area contributed by atoms with Gasteiger partial charge in [0, 0.05) is 11.9 Å². The number of nitrogens with zero attached hydrogens (tertiary/aromatic N) is 3. The number of aromatic nitrogens is 2. The summed E-state index contributed by atoms with van der Waals surface area (Å²) in [5, 5.41) is 38.1. The number of benzene rings is 2. The van der Waals surface area contributed by atoms with E-state index in [2.05, 4.69) is 21.8 Å². The summed E-state index contributed by atoms with van der Waals surface area (Å²) in [5.41, 5.74) is 1.83. The van der Waals surface area contributed by atoms with E-state index in [0.717, 1.165) is 11.1 Å². The van der Waals surface area contributed by atoms with Crippen LogP contribution < -0.4 is 10.6 Å². The van der Waals surface area contributed by atoms with E-state index in [0.29, 0.717) is 17.5 Å². The monoisotopic (exact) mass is 463 g/mol. The second kappa shape index (κ2) is 10.5. The zero-order chi connectivity index (χ0) is 24.9. The molecule has 0 saturated carbocycles. The lowest BCUT2D eigenvalue weighted by Crippen LogP contribution is -2.54. The van der Waals surface area contributed by atoms with Crippen molar-refractivity contribution >= 4 is 22.7 Å². The Morgan fingerprint density at radius 3 is 2.44 bits per heavy atom. The van der Waals surface area contributed by atoms with E-state index in [1.54, 1.807) is 22.9 Å². The van der Waals surface area contributed by atoms with Gasteiger partial charge in [0.1, 0.15) is 6.04 Å². The van der Waals surface area contributed by atoms with Crippen LogP contribution in [-0.4, -0.2) is 57.1 Å². The number of rotatable bonds is 8. The SMILES string of the molecule is CC(C)(C)[C@H](NC(=O)c1nn(Cc2ccc(C#N)cc2)c2ccccc12)C(=O)NC[C@H](O)CO. The third-order valence-corrected chi connectivity index (χ3v) is 5.41. The van der Waals surface area contributed by atoms with Crippen LogP contribution in [0.4, 0.5) is 0 Å². The highest BCUT2D eigenvalue weighted by Gasteiger charge is 2.34. The van der Waals surface area contributed by atoms with Gasteiger partial charge in [-0.15, -0.1) is 0 Å². The summed E-state index contributed by atoms with van der Waals surface area (Å²) >= 11 is 0. The Bertz CT molecular complexity index is 1200. The molecule has 0 saturated heterocycles. The van der Waals surface area contributed by atoms with Gasteiger partial charge in [-0.2, -0.15) is 10.4 Å². The highest BCUT2D eigenvalue weighted by atomic mass is 16.3. The fraction of sp³-hybridized carbons (Fsp3) is 0.360. The van der Waals surface area contributed by atoms with E-state index in [9.17, 15) is 14.7 Å². The van der Waals surface area contributed by atoms with Gasteiger partial charge in [0.25, 0.3) is 5.91 Å². The standard InChI is InChI=1S/C25H29N5O4/c1-25(2,3)22(24(34)27-13-18(32)15-31)28-23(33)21-19-6-4-5-7-20(19)30(29-21)14-17-10-8-16(12-26)9-11-17/h4-11,18,22,31-32H,13-15H2,1-3H3,(H,27,34)(H,28,33)/t18-,22+/m0/s1. The number of nitrogens with one attached hydrogen (secondary N) is 2. The highest BCUT2D eigenvalue weighted by Crippen LogP contribution is 2.23. The number of aliphatic hydroxyl groups excluding tert-OH is 2.